The molecule has 1 saturated heterocycles. The van der Waals surface area contributed by atoms with Crippen LogP contribution in [0.25, 0.3) is 0 Å². The summed E-state index contributed by atoms with van der Waals surface area (Å²) in [6.07, 6.45) is 2.14. The van der Waals surface area contributed by atoms with Crippen molar-refractivity contribution < 1.29 is 18.0 Å². The van der Waals surface area contributed by atoms with Gasteiger partial charge in [0, 0.05) is 30.3 Å². The minimum absolute atomic E-state index is 0.295. The lowest BCUT2D eigenvalue weighted by Gasteiger charge is -2.32. The Balaban J connectivity index is 1.94. The van der Waals surface area contributed by atoms with E-state index in [2.05, 4.69) is 4.90 Å². The van der Waals surface area contributed by atoms with Gasteiger partial charge in [-0.25, -0.2) is 8.42 Å². The molecule has 0 bridgehead atoms. The monoisotopic (exact) mass is 325 g/mol. The molecule has 0 aliphatic carbocycles. The highest BCUT2D eigenvalue weighted by Crippen LogP contribution is 2.23. The van der Waals surface area contributed by atoms with Crippen LogP contribution in [0.5, 0.6) is 0 Å². The number of nitrogens with zero attached hydrogens (tertiary/aromatic N) is 1. The fourth-order valence-corrected chi connectivity index (χ4v) is 3.03. The van der Waals surface area contributed by atoms with Crippen LogP contribution in [-0.2, 0) is 14.8 Å². The maximum Gasteiger partial charge on any atom is 0.248 e. The van der Waals surface area contributed by atoms with Gasteiger partial charge in [-0.1, -0.05) is 0 Å². The van der Waals surface area contributed by atoms with E-state index >= 15 is 0 Å². The van der Waals surface area contributed by atoms with Gasteiger partial charge in [-0.2, -0.15) is 0 Å². The van der Waals surface area contributed by atoms with Gasteiger partial charge in [-0.15, -0.1) is 0 Å². The first-order chi connectivity index (χ1) is 10.3. The van der Waals surface area contributed by atoms with Gasteiger partial charge in [-0.3, -0.25) is 14.3 Å². The third-order valence-electron chi connectivity index (χ3n) is 3.67. The number of rotatable bonds is 4. The average molecular weight is 325 g/mol. The fourth-order valence-electron chi connectivity index (χ4n) is 2.50. The summed E-state index contributed by atoms with van der Waals surface area (Å²) in [5.41, 5.74) is 6.60. The van der Waals surface area contributed by atoms with E-state index in [1.165, 1.54) is 0 Å². The average Bonchev–Trinajstić information content (AvgIpc) is 2.46. The second kappa shape index (κ2) is 6.35. The van der Waals surface area contributed by atoms with Crippen molar-refractivity contribution in [2.75, 3.05) is 24.2 Å². The second-order valence-electron chi connectivity index (χ2n) is 5.41. The predicted octanol–water partition coefficient (Wildman–Crippen LogP) is 0.0777. The second-order valence-corrected chi connectivity index (χ2v) is 7.16. The molecule has 0 saturated carbocycles. The topological polar surface area (TPSA) is 110 Å². The molecule has 0 spiro atoms. The van der Waals surface area contributed by atoms with Crippen LogP contribution in [0.4, 0.5) is 5.69 Å². The van der Waals surface area contributed by atoms with Gasteiger partial charge in [0.2, 0.25) is 21.8 Å². The Labute approximate surface area is 129 Å². The van der Waals surface area contributed by atoms with E-state index in [0.717, 1.165) is 11.9 Å². The number of piperidine rings is 1. The standard InChI is InChI=1S/C14H19N3O4S/c1-22(20,21)16-14(19)11-6-8-17(9-7-11)12-4-2-10(3-5-12)13(15)18/h2-5,11H,6-9H2,1H3,(H2,15,18)(H,16,19). The fraction of sp³-hybridized carbons (Fsp3) is 0.429. The van der Waals surface area contributed by atoms with E-state index in [1.807, 2.05) is 16.9 Å². The first-order valence-corrected chi connectivity index (χ1v) is 8.82. The normalized spacial score (nSPS) is 16.3. The summed E-state index contributed by atoms with van der Waals surface area (Å²) in [6, 6.07) is 6.97. The molecule has 0 atom stereocenters. The number of amides is 2. The lowest BCUT2D eigenvalue weighted by atomic mass is 9.96. The number of primary amides is 1. The largest absolute Gasteiger partial charge is 0.371 e. The van der Waals surface area contributed by atoms with Gasteiger partial charge >= 0.3 is 0 Å². The predicted molar refractivity (Wildman–Crippen MR) is 82.9 cm³/mol. The summed E-state index contributed by atoms with van der Waals surface area (Å²) in [5.74, 6) is -1.20. The highest BCUT2D eigenvalue weighted by molar-refractivity contribution is 7.89. The van der Waals surface area contributed by atoms with E-state index in [4.69, 9.17) is 5.73 Å². The molecule has 1 aromatic carbocycles. The van der Waals surface area contributed by atoms with Gasteiger partial charge in [0.1, 0.15) is 0 Å². The summed E-state index contributed by atoms with van der Waals surface area (Å²) in [4.78, 5) is 24.9. The Morgan fingerprint density at radius 1 is 1.18 bits per heavy atom. The molecule has 1 aliphatic heterocycles. The molecule has 1 aromatic rings. The summed E-state index contributed by atoms with van der Waals surface area (Å²) in [6.45, 7) is 1.30. The lowest BCUT2D eigenvalue weighted by molar-refractivity contribution is -0.123. The molecule has 2 rings (SSSR count). The number of benzene rings is 1. The Morgan fingerprint density at radius 2 is 1.73 bits per heavy atom. The van der Waals surface area contributed by atoms with Gasteiger partial charge in [0.15, 0.2) is 0 Å². The van der Waals surface area contributed by atoms with Crippen molar-refractivity contribution in [1.29, 1.82) is 0 Å². The number of hydrogen-bond acceptors (Lipinski definition) is 5. The molecule has 2 amide bonds. The summed E-state index contributed by atoms with van der Waals surface area (Å²) in [7, 11) is -3.51. The molecular weight excluding hydrogens is 306 g/mol. The van der Waals surface area contributed by atoms with Crippen LogP contribution in [0.15, 0.2) is 24.3 Å². The number of hydrogen-bond donors (Lipinski definition) is 2. The molecule has 1 heterocycles. The third-order valence-corrected chi connectivity index (χ3v) is 4.24. The molecule has 0 aromatic heterocycles. The Kier molecular flexibility index (Phi) is 4.70. The molecule has 120 valence electrons. The zero-order chi connectivity index (χ0) is 16.3. The van der Waals surface area contributed by atoms with Crippen molar-refractivity contribution >= 4 is 27.5 Å². The van der Waals surface area contributed by atoms with E-state index in [-0.39, 0.29) is 5.92 Å². The van der Waals surface area contributed by atoms with Crippen molar-refractivity contribution in [2.24, 2.45) is 11.7 Å². The molecule has 0 radical (unpaired) electrons. The first-order valence-electron chi connectivity index (χ1n) is 6.93. The summed E-state index contributed by atoms with van der Waals surface area (Å²) >= 11 is 0. The lowest BCUT2D eigenvalue weighted by Crippen LogP contribution is -2.42. The molecule has 1 aliphatic rings. The first kappa shape index (κ1) is 16.3. The maximum atomic E-state index is 11.8. The molecule has 8 heteroatoms. The minimum atomic E-state index is -3.51. The van der Waals surface area contributed by atoms with E-state index in [0.29, 0.717) is 31.5 Å². The minimum Gasteiger partial charge on any atom is -0.371 e. The van der Waals surface area contributed by atoms with Gasteiger partial charge in [-0.05, 0) is 37.1 Å². The number of nitrogens with one attached hydrogen (secondary N) is 1. The van der Waals surface area contributed by atoms with Gasteiger partial charge in [0.05, 0.1) is 6.26 Å². The van der Waals surface area contributed by atoms with Gasteiger partial charge < -0.3 is 10.6 Å². The number of nitrogens with two attached hydrogens (primary N) is 1. The number of carbonyl (C=O) groups excluding carboxylic acids is 2. The van der Waals surface area contributed by atoms with Crippen molar-refractivity contribution in [3.63, 3.8) is 0 Å². The highest BCUT2D eigenvalue weighted by atomic mass is 32.2. The van der Waals surface area contributed by atoms with Crippen LogP contribution < -0.4 is 15.4 Å². The van der Waals surface area contributed by atoms with Crippen molar-refractivity contribution in [2.45, 2.75) is 12.8 Å². The molecule has 22 heavy (non-hydrogen) atoms. The van der Waals surface area contributed by atoms with Crippen molar-refractivity contribution in [3.05, 3.63) is 29.8 Å². The Bertz CT molecular complexity index is 662. The van der Waals surface area contributed by atoms with E-state index in [9.17, 15) is 18.0 Å². The maximum absolute atomic E-state index is 11.8. The van der Waals surface area contributed by atoms with Crippen LogP contribution in [0, 0.1) is 5.92 Å². The van der Waals surface area contributed by atoms with Crippen LogP contribution in [0.1, 0.15) is 23.2 Å². The van der Waals surface area contributed by atoms with Gasteiger partial charge in [0.25, 0.3) is 0 Å². The molecular formula is C14H19N3O4S. The number of anilines is 1. The summed E-state index contributed by atoms with van der Waals surface area (Å²) in [5, 5.41) is 0. The zero-order valence-corrected chi connectivity index (χ0v) is 13.1. The van der Waals surface area contributed by atoms with Crippen LogP contribution >= 0.6 is 0 Å². The molecule has 0 unspecified atom stereocenters. The number of sulfonamides is 1. The SMILES string of the molecule is CS(=O)(=O)NC(=O)C1CCN(c2ccc(C(N)=O)cc2)CC1. The Morgan fingerprint density at radius 3 is 2.18 bits per heavy atom. The Hall–Kier alpha value is -2.09. The van der Waals surface area contributed by atoms with Crippen molar-refractivity contribution in [3.8, 4) is 0 Å². The molecule has 3 N–H and O–H groups in total. The molecule has 1 fully saturated rings. The summed E-state index contributed by atoms with van der Waals surface area (Å²) < 4.78 is 24.2. The van der Waals surface area contributed by atoms with E-state index < -0.39 is 21.8 Å². The van der Waals surface area contributed by atoms with E-state index in [1.54, 1.807) is 12.1 Å². The highest BCUT2D eigenvalue weighted by Gasteiger charge is 2.26. The zero-order valence-electron chi connectivity index (χ0n) is 12.3. The van der Waals surface area contributed by atoms with Crippen LogP contribution in [-0.4, -0.2) is 39.6 Å². The van der Waals surface area contributed by atoms with Crippen LogP contribution in [0.3, 0.4) is 0 Å². The third kappa shape index (κ3) is 4.20. The van der Waals surface area contributed by atoms with Crippen LogP contribution in [0.2, 0.25) is 0 Å². The number of carbonyl (C=O) groups is 2. The quantitative estimate of drug-likeness (QED) is 0.814. The molecule has 7 nitrogen and oxygen atoms in total. The smallest absolute Gasteiger partial charge is 0.248 e. The van der Waals surface area contributed by atoms with Crippen molar-refractivity contribution in [1.82, 2.24) is 4.72 Å².